The van der Waals surface area contributed by atoms with Crippen molar-refractivity contribution in [1.29, 1.82) is 0 Å². The van der Waals surface area contributed by atoms with E-state index in [-0.39, 0.29) is 37.3 Å². The van der Waals surface area contributed by atoms with Crippen molar-refractivity contribution in [3.05, 3.63) is 47.2 Å². The first-order valence-electron chi connectivity index (χ1n) is 10.7. The van der Waals surface area contributed by atoms with Crippen LogP contribution in [0.2, 0.25) is 5.02 Å². The molecule has 1 aliphatic carbocycles. The molecule has 3 amide bonds. The Bertz CT molecular complexity index is 922. The summed E-state index contributed by atoms with van der Waals surface area (Å²) in [6, 6.07) is 9.73. The Morgan fingerprint density at radius 3 is 2.50 bits per heavy atom. The minimum absolute atomic E-state index is 0.0462. The van der Waals surface area contributed by atoms with Crippen LogP contribution in [0.3, 0.4) is 0 Å². The monoisotopic (exact) mass is 461 g/mol. The first-order valence-corrected chi connectivity index (χ1v) is 11.1. The van der Waals surface area contributed by atoms with Gasteiger partial charge in [-0.15, -0.1) is 0 Å². The largest absolute Gasteiger partial charge is 0.451 e. The van der Waals surface area contributed by atoms with Crippen molar-refractivity contribution in [3.8, 4) is 11.3 Å². The third kappa shape index (κ3) is 6.83. The highest BCUT2D eigenvalue weighted by Gasteiger charge is 2.31. The van der Waals surface area contributed by atoms with Crippen LogP contribution in [0, 0.1) is 5.92 Å². The zero-order valence-electron chi connectivity index (χ0n) is 17.8. The number of carbonyl (C=O) groups excluding carboxylic acids is 3. The molecule has 3 rings (SSSR count). The molecule has 0 unspecified atom stereocenters. The average molecular weight is 462 g/mol. The van der Waals surface area contributed by atoms with Gasteiger partial charge in [-0.05, 0) is 55.2 Å². The molecule has 4 N–H and O–H groups in total. The zero-order valence-corrected chi connectivity index (χ0v) is 18.5. The number of benzene rings is 1. The zero-order chi connectivity index (χ0) is 22.9. The first-order chi connectivity index (χ1) is 15.4. The molecular formula is C23H28ClN3O5. The predicted octanol–water partition coefficient (Wildman–Crippen LogP) is 2.90. The molecule has 1 heterocycles. The molecule has 9 heteroatoms. The normalized spacial score (nSPS) is 15.2. The van der Waals surface area contributed by atoms with E-state index in [0.717, 1.165) is 37.7 Å². The minimum Gasteiger partial charge on any atom is -0.451 e. The van der Waals surface area contributed by atoms with Crippen LogP contribution in [0.15, 0.2) is 40.8 Å². The molecule has 1 aliphatic rings. The van der Waals surface area contributed by atoms with E-state index in [4.69, 9.17) is 26.5 Å². The summed E-state index contributed by atoms with van der Waals surface area (Å²) in [7, 11) is 0. The van der Waals surface area contributed by atoms with Crippen molar-refractivity contribution >= 4 is 29.3 Å². The van der Waals surface area contributed by atoms with Gasteiger partial charge in [0, 0.05) is 17.1 Å². The van der Waals surface area contributed by atoms with Gasteiger partial charge < -0.3 is 25.5 Å². The van der Waals surface area contributed by atoms with Crippen LogP contribution in [-0.2, 0) is 14.3 Å². The molecule has 1 aromatic heterocycles. The van der Waals surface area contributed by atoms with E-state index in [0.29, 0.717) is 10.8 Å². The van der Waals surface area contributed by atoms with Crippen molar-refractivity contribution in [2.45, 2.75) is 38.1 Å². The van der Waals surface area contributed by atoms with E-state index in [2.05, 4.69) is 10.6 Å². The van der Waals surface area contributed by atoms with Crippen molar-refractivity contribution < 1.29 is 23.5 Å². The fourth-order valence-corrected chi connectivity index (χ4v) is 3.96. The molecule has 1 atom stereocenters. The fourth-order valence-electron chi connectivity index (χ4n) is 3.84. The molecule has 2 aromatic rings. The number of nitrogens with two attached hydrogens (primary N) is 1. The van der Waals surface area contributed by atoms with Gasteiger partial charge in [-0.3, -0.25) is 14.4 Å². The Morgan fingerprint density at radius 1 is 1.09 bits per heavy atom. The summed E-state index contributed by atoms with van der Waals surface area (Å²) in [4.78, 5) is 36.4. The first kappa shape index (κ1) is 23.8. The Labute approximate surface area is 191 Å². The summed E-state index contributed by atoms with van der Waals surface area (Å²) in [5.41, 5.74) is 5.82. The number of halogens is 1. The lowest BCUT2D eigenvalue weighted by Crippen LogP contribution is -2.51. The molecule has 1 saturated carbocycles. The molecule has 0 aliphatic heterocycles. The highest BCUT2D eigenvalue weighted by Crippen LogP contribution is 2.28. The number of primary amides is 1. The molecular weight excluding hydrogens is 434 g/mol. The number of furan rings is 1. The maximum absolute atomic E-state index is 12.9. The maximum Gasteiger partial charge on any atom is 0.287 e. The second-order valence-corrected chi connectivity index (χ2v) is 8.27. The van der Waals surface area contributed by atoms with Crippen molar-refractivity contribution in [2.75, 3.05) is 19.8 Å². The van der Waals surface area contributed by atoms with Crippen LogP contribution < -0.4 is 16.4 Å². The lowest BCUT2D eigenvalue weighted by atomic mass is 9.83. The van der Waals surface area contributed by atoms with Crippen molar-refractivity contribution in [1.82, 2.24) is 10.6 Å². The van der Waals surface area contributed by atoms with Crippen LogP contribution in [0.1, 0.15) is 42.7 Å². The number of ether oxygens (including phenoxy) is 1. The van der Waals surface area contributed by atoms with Gasteiger partial charge in [0.2, 0.25) is 11.8 Å². The lowest BCUT2D eigenvalue weighted by molar-refractivity contribution is -0.125. The maximum atomic E-state index is 12.9. The van der Waals surface area contributed by atoms with Gasteiger partial charge in [-0.25, -0.2) is 0 Å². The van der Waals surface area contributed by atoms with E-state index in [9.17, 15) is 14.4 Å². The smallest absolute Gasteiger partial charge is 0.287 e. The quantitative estimate of drug-likeness (QED) is 0.469. The van der Waals surface area contributed by atoms with Crippen molar-refractivity contribution in [3.63, 3.8) is 0 Å². The van der Waals surface area contributed by atoms with Crippen LogP contribution in [0.25, 0.3) is 11.3 Å². The third-order valence-corrected chi connectivity index (χ3v) is 5.69. The second-order valence-electron chi connectivity index (χ2n) is 7.83. The van der Waals surface area contributed by atoms with Crippen LogP contribution >= 0.6 is 11.6 Å². The van der Waals surface area contributed by atoms with Gasteiger partial charge in [0.1, 0.15) is 18.4 Å². The van der Waals surface area contributed by atoms with Gasteiger partial charge >= 0.3 is 0 Å². The number of hydrogen-bond donors (Lipinski definition) is 3. The molecule has 1 aromatic carbocycles. The summed E-state index contributed by atoms with van der Waals surface area (Å²) in [5.74, 6) is -0.575. The molecule has 0 spiro atoms. The summed E-state index contributed by atoms with van der Waals surface area (Å²) in [6.45, 7) is 0.169. The third-order valence-electron chi connectivity index (χ3n) is 5.44. The van der Waals surface area contributed by atoms with Crippen molar-refractivity contribution in [2.24, 2.45) is 11.7 Å². The highest BCUT2D eigenvalue weighted by atomic mass is 35.5. The van der Waals surface area contributed by atoms with Gasteiger partial charge in [-0.2, -0.15) is 0 Å². The fraction of sp³-hybridized carbons (Fsp3) is 0.435. The Hall–Kier alpha value is -2.84. The number of carbonyl (C=O) groups is 3. The van der Waals surface area contributed by atoms with E-state index in [1.165, 1.54) is 0 Å². The van der Waals surface area contributed by atoms with Gasteiger partial charge in [-0.1, -0.05) is 30.9 Å². The summed E-state index contributed by atoms with van der Waals surface area (Å²) < 4.78 is 10.8. The number of nitrogens with one attached hydrogen (secondary N) is 2. The van der Waals surface area contributed by atoms with E-state index < -0.39 is 17.9 Å². The Morgan fingerprint density at radius 2 is 1.81 bits per heavy atom. The van der Waals surface area contributed by atoms with E-state index in [1.54, 1.807) is 36.4 Å². The Balaban J connectivity index is 1.63. The molecule has 172 valence electrons. The summed E-state index contributed by atoms with van der Waals surface area (Å²) in [6.07, 6.45) is 4.90. The topological polar surface area (TPSA) is 124 Å². The number of hydrogen-bond acceptors (Lipinski definition) is 5. The highest BCUT2D eigenvalue weighted by molar-refractivity contribution is 6.30. The van der Waals surface area contributed by atoms with Crippen LogP contribution in [0.5, 0.6) is 0 Å². The number of rotatable bonds is 10. The summed E-state index contributed by atoms with van der Waals surface area (Å²) in [5, 5.41) is 6.24. The lowest BCUT2D eigenvalue weighted by Gasteiger charge is -2.29. The van der Waals surface area contributed by atoms with Gasteiger partial charge in [0.05, 0.1) is 6.61 Å². The van der Waals surface area contributed by atoms with Crippen LogP contribution in [0.4, 0.5) is 0 Å². The average Bonchev–Trinajstić information content (AvgIpc) is 3.28. The van der Waals surface area contributed by atoms with Gasteiger partial charge in [0.25, 0.3) is 5.91 Å². The molecule has 0 bridgehead atoms. The molecule has 0 saturated heterocycles. The van der Waals surface area contributed by atoms with Gasteiger partial charge in [0.15, 0.2) is 5.76 Å². The molecule has 0 radical (unpaired) electrons. The SMILES string of the molecule is NC(=O)COCCNC(=O)[C@@H](NC(=O)c1ccc(-c2ccc(Cl)cc2)o1)C1CCCCC1. The van der Waals surface area contributed by atoms with Crippen LogP contribution in [-0.4, -0.2) is 43.5 Å². The Kier molecular flexibility index (Phi) is 8.70. The number of amides is 3. The van der Waals surface area contributed by atoms with E-state index >= 15 is 0 Å². The standard InChI is InChI=1S/C23H28ClN3O5/c24-17-8-6-15(7-9-17)18-10-11-19(32-18)22(29)27-21(16-4-2-1-3-5-16)23(30)26-12-13-31-14-20(25)28/h6-11,16,21H,1-5,12-14H2,(H2,25,28)(H,26,30)(H,27,29)/t21-/m0/s1. The predicted molar refractivity (Wildman–Crippen MR) is 120 cm³/mol. The molecule has 1 fully saturated rings. The minimum atomic E-state index is -0.678. The molecule has 8 nitrogen and oxygen atoms in total. The second kappa shape index (κ2) is 11.7. The van der Waals surface area contributed by atoms with E-state index in [1.807, 2.05) is 0 Å². The summed E-state index contributed by atoms with van der Waals surface area (Å²) >= 11 is 5.92. The molecule has 32 heavy (non-hydrogen) atoms.